The molecule has 0 radical (unpaired) electrons. The van der Waals surface area contributed by atoms with Gasteiger partial charge in [0, 0.05) is 10.9 Å². The second kappa shape index (κ2) is 2.98. The van der Waals surface area contributed by atoms with Crippen LogP contribution in [0.1, 0.15) is 16.7 Å². The van der Waals surface area contributed by atoms with Crippen molar-refractivity contribution in [2.24, 2.45) is 0 Å². The number of aryl methyl sites for hydroxylation is 2. The normalized spacial score (nSPS) is 10.8. The quantitative estimate of drug-likeness (QED) is 0.595. The molecule has 2 heteroatoms. The van der Waals surface area contributed by atoms with Gasteiger partial charge >= 0.3 is 5.63 Å². The molecule has 72 valence electrons. The maximum atomic E-state index is 11.4. The van der Waals surface area contributed by atoms with E-state index in [1.165, 1.54) is 0 Å². The fourth-order valence-electron chi connectivity index (χ4n) is 1.61. The van der Waals surface area contributed by atoms with Gasteiger partial charge in [-0.1, -0.05) is 18.2 Å². The molecule has 0 aliphatic rings. The van der Waals surface area contributed by atoms with Gasteiger partial charge < -0.3 is 4.42 Å². The molecule has 0 unspecified atom stereocenters. The van der Waals surface area contributed by atoms with Gasteiger partial charge in [0.25, 0.3) is 0 Å². The summed E-state index contributed by atoms with van der Waals surface area (Å²) in [6.45, 7) is 5.69. The van der Waals surface area contributed by atoms with Crippen molar-refractivity contribution in [2.45, 2.75) is 20.8 Å². The molecule has 2 aromatic rings. The highest BCUT2D eigenvalue weighted by molar-refractivity contribution is 5.83. The Morgan fingerprint density at radius 2 is 1.79 bits per heavy atom. The fraction of sp³-hybridized carbons (Fsp3) is 0.250. The Morgan fingerprint density at radius 3 is 2.50 bits per heavy atom. The first-order valence-electron chi connectivity index (χ1n) is 4.61. The van der Waals surface area contributed by atoms with Gasteiger partial charge in [-0.25, -0.2) is 4.79 Å². The monoisotopic (exact) mass is 188 g/mol. The smallest absolute Gasteiger partial charge is 0.339 e. The summed E-state index contributed by atoms with van der Waals surface area (Å²) in [6, 6.07) is 5.90. The Morgan fingerprint density at radius 1 is 1.07 bits per heavy atom. The Hall–Kier alpha value is -1.57. The lowest BCUT2D eigenvalue weighted by molar-refractivity contribution is 0.551. The van der Waals surface area contributed by atoms with Gasteiger partial charge in [-0.2, -0.15) is 0 Å². The third-order valence-corrected chi connectivity index (χ3v) is 2.68. The van der Waals surface area contributed by atoms with Gasteiger partial charge in [-0.15, -0.1) is 0 Å². The number of para-hydroxylation sites is 1. The fourth-order valence-corrected chi connectivity index (χ4v) is 1.61. The van der Waals surface area contributed by atoms with E-state index in [4.69, 9.17) is 4.42 Å². The van der Waals surface area contributed by atoms with Gasteiger partial charge in [0.05, 0.1) is 0 Å². The van der Waals surface area contributed by atoms with Crippen molar-refractivity contribution >= 4 is 11.0 Å². The molecule has 14 heavy (non-hydrogen) atoms. The summed E-state index contributed by atoms with van der Waals surface area (Å²) >= 11 is 0. The molecule has 0 saturated heterocycles. The maximum Gasteiger partial charge on any atom is 0.339 e. The van der Waals surface area contributed by atoms with Crippen molar-refractivity contribution in [2.75, 3.05) is 0 Å². The molecule has 0 fully saturated rings. The van der Waals surface area contributed by atoms with E-state index in [0.717, 1.165) is 16.5 Å². The Bertz CT molecular complexity index is 550. The highest BCUT2D eigenvalue weighted by Crippen LogP contribution is 2.21. The van der Waals surface area contributed by atoms with Crippen LogP contribution in [0.4, 0.5) is 0 Å². The zero-order chi connectivity index (χ0) is 10.3. The van der Waals surface area contributed by atoms with Crippen LogP contribution in [0, 0.1) is 20.8 Å². The topological polar surface area (TPSA) is 30.2 Å². The molecule has 0 amide bonds. The lowest BCUT2D eigenvalue weighted by atomic mass is 10.1. The minimum Gasteiger partial charge on any atom is -0.422 e. The summed E-state index contributed by atoms with van der Waals surface area (Å²) in [4.78, 5) is 11.4. The highest BCUT2D eigenvalue weighted by atomic mass is 16.4. The van der Waals surface area contributed by atoms with Crippen LogP contribution in [0.25, 0.3) is 11.0 Å². The SMILES string of the molecule is Cc1c(C)c2cccc(C)c2oc1=O. The summed E-state index contributed by atoms with van der Waals surface area (Å²) in [7, 11) is 0. The summed E-state index contributed by atoms with van der Waals surface area (Å²) in [5, 5.41) is 1.03. The van der Waals surface area contributed by atoms with Gasteiger partial charge in [0.2, 0.25) is 0 Å². The van der Waals surface area contributed by atoms with Crippen molar-refractivity contribution in [1.82, 2.24) is 0 Å². The van der Waals surface area contributed by atoms with Crippen LogP contribution < -0.4 is 5.63 Å². The van der Waals surface area contributed by atoms with E-state index in [-0.39, 0.29) is 5.63 Å². The largest absolute Gasteiger partial charge is 0.422 e. The summed E-state index contributed by atoms with van der Waals surface area (Å²) in [5.41, 5.74) is 3.19. The molecule has 0 saturated carbocycles. The van der Waals surface area contributed by atoms with Crippen LogP contribution in [0.2, 0.25) is 0 Å². The molecule has 0 aliphatic carbocycles. The number of fused-ring (bicyclic) bond motifs is 1. The molecule has 1 aromatic heterocycles. The minimum absolute atomic E-state index is 0.232. The molecule has 0 atom stereocenters. The van der Waals surface area contributed by atoms with Crippen LogP contribution in [-0.2, 0) is 0 Å². The van der Waals surface area contributed by atoms with E-state index in [2.05, 4.69) is 0 Å². The summed E-state index contributed by atoms with van der Waals surface area (Å²) < 4.78 is 5.25. The maximum absolute atomic E-state index is 11.4. The number of benzene rings is 1. The number of hydrogen-bond acceptors (Lipinski definition) is 2. The molecule has 0 spiro atoms. The van der Waals surface area contributed by atoms with Crippen molar-refractivity contribution < 1.29 is 4.42 Å². The summed E-state index contributed by atoms with van der Waals surface area (Å²) in [6.07, 6.45) is 0. The predicted octanol–water partition coefficient (Wildman–Crippen LogP) is 2.72. The third kappa shape index (κ3) is 1.15. The van der Waals surface area contributed by atoms with E-state index in [1.807, 2.05) is 32.0 Å². The van der Waals surface area contributed by atoms with Gasteiger partial charge in [-0.3, -0.25) is 0 Å². The molecule has 1 heterocycles. The second-order valence-corrected chi connectivity index (χ2v) is 3.59. The molecular weight excluding hydrogens is 176 g/mol. The first kappa shape index (κ1) is 9.00. The number of hydrogen-bond donors (Lipinski definition) is 0. The van der Waals surface area contributed by atoms with Crippen LogP contribution in [-0.4, -0.2) is 0 Å². The van der Waals surface area contributed by atoms with Gasteiger partial charge in [0.15, 0.2) is 0 Å². The standard InChI is InChI=1S/C12H12O2/c1-7-5-4-6-10-8(2)9(3)12(13)14-11(7)10/h4-6H,1-3H3. The van der Waals surface area contributed by atoms with E-state index in [0.29, 0.717) is 11.1 Å². The average Bonchev–Trinajstić information content (AvgIpc) is 2.17. The highest BCUT2D eigenvalue weighted by Gasteiger charge is 2.07. The minimum atomic E-state index is -0.232. The zero-order valence-electron chi connectivity index (χ0n) is 8.55. The average molecular weight is 188 g/mol. The van der Waals surface area contributed by atoms with Crippen molar-refractivity contribution in [3.05, 3.63) is 45.3 Å². The van der Waals surface area contributed by atoms with Crippen molar-refractivity contribution in [3.63, 3.8) is 0 Å². The van der Waals surface area contributed by atoms with E-state index >= 15 is 0 Å². The lowest BCUT2D eigenvalue weighted by Crippen LogP contribution is -2.05. The Kier molecular flexibility index (Phi) is 1.92. The number of rotatable bonds is 0. The Labute approximate surface area is 82.2 Å². The van der Waals surface area contributed by atoms with Crippen LogP contribution in [0.15, 0.2) is 27.4 Å². The predicted molar refractivity (Wildman–Crippen MR) is 56.7 cm³/mol. The molecular formula is C12H12O2. The molecule has 0 bridgehead atoms. The van der Waals surface area contributed by atoms with Crippen LogP contribution >= 0.6 is 0 Å². The first-order chi connectivity index (χ1) is 6.61. The third-order valence-electron chi connectivity index (χ3n) is 2.68. The van der Waals surface area contributed by atoms with Crippen molar-refractivity contribution in [3.8, 4) is 0 Å². The first-order valence-corrected chi connectivity index (χ1v) is 4.61. The second-order valence-electron chi connectivity index (χ2n) is 3.59. The molecule has 2 nitrogen and oxygen atoms in total. The van der Waals surface area contributed by atoms with Gasteiger partial charge in [0.1, 0.15) is 5.58 Å². The van der Waals surface area contributed by atoms with Crippen molar-refractivity contribution in [1.29, 1.82) is 0 Å². The molecule has 0 aliphatic heterocycles. The van der Waals surface area contributed by atoms with Gasteiger partial charge in [-0.05, 0) is 31.9 Å². The van der Waals surface area contributed by atoms with E-state index in [9.17, 15) is 4.79 Å². The van der Waals surface area contributed by atoms with Crippen LogP contribution in [0.5, 0.6) is 0 Å². The lowest BCUT2D eigenvalue weighted by Gasteiger charge is -2.05. The summed E-state index contributed by atoms with van der Waals surface area (Å²) in [5.74, 6) is 0. The van der Waals surface area contributed by atoms with Crippen LogP contribution in [0.3, 0.4) is 0 Å². The van der Waals surface area contributed by atoms with E-state index in [1.54, 1.807) is 6.92 Å². The van der Waals surface area contributed by atoms with E-state index < -0.39 is 0 Å². The molecule has 0 N–H and O–H groups in total. The molecule has 1 aromatic carbocycles. The Balaban J connectivity index is 3.06. The molecule has 2 rings (SSSR count). The zero-order valence-corrected chi connectivity index (χ0v) is 8.55.